The van der Waals surface area contributed by atoms with Crippen molar-refractivity contribution in [3.05, 3.63) is 83.9 Å². The number of nitrogens with zero attached hydrogens (tertiary/aromatic N) is 2. The normalized spacial score (nSPS) is 11.3. The van der Waals surface area contributed by atoms with E-state index in [-0.39, 0.29) is 5.91 Å². The first-order valence-corrected chi connectivity index (χ1v) is 9.78. The number of carbonyl (C=O) groups excluding carboxylic acids is 1. The van der Waals surface area contributed by atoms with E-state index in [1.165, 1.54) is 5.56 Å². The molecule has 138 valence electrons. The van der Waals surface area contributed by atoms with Crippen LogP contribution in [-0.2, 0) is 6.54 Å². The third-order valence-electron chi connectivity index (χ3n) is 4.71. The summed E-state index contributed by atoms with van der Waals surface area (Å²) in [5.41, 5.74) is 4.96. The van der Waals surface area contributed by atoms with E-state index in [4.69, 9.17) is 9.40 Å². The van der Waals surface area contributed by atoms with Gasteiger partial charge in [0, 0.05) is 17.3 Å². The fraction of sp³-hybridized carbons (Fsp3) is 0.0909. The van der Waals surface area contributed by atoms with Crippen molar-refractivity contribution >= 4 is 32.4 Å². The molecular weight excluding hydrogens is 370 g/mol. The zero-order valence-electron chi connectivity index (χ0n) is 15.2. The highest BCUT2D eigenvalue weighted by atomic mass is 32.1. The molecule has 0 aliphatic rings. The van der Waals surface area contributed by atoms with E-state index in [0.29, 0.717) is 12.1 Å². The summed E-state index contributed by atoms with van der Waals surface area (Å²) < 4.78 is 8.36. The van der Waals surface area contributed by atoms with Crippen LogP contribution in [0.1, 0.15) is 21.7 Å². The van der Waals surface area contributed by atoms with Gasteiger partial charge < -0.3 is 9.73 Å². The summed E-state index contributed by atoms with van der Waals surface area (Å²) >= 11 is 1.58. The fourth-order valence-corrected chi connectivity index (χ4v) is 4.24. The standard InChI is InChI=1S/C22H17N3O2S/c1-14-4-6-15(7-5-14)18-13-25-19-9-8-16(11-20(19)28-22(25)24-18)21(26)23-12-17-3-2-10-27-17/h2-11,13H,12H2,1H3,(H,23,26). The molecule has 3 heterocycles. The second-order valence-corrected chi connectivity index (χ2v) is 7.70. The number of nitrogens with one attached hydrogen (secondary N) is 1. The average molecular weight is 387 g/mol. The summed E-state index contributed by atoms with van der Waals surface area (Å²) in [5.74, 6) is 0.609. The molecule has 1 N–H and O–H groups in total. The third kappa shape index (κ3) is 2.97. The predicted octanol–water partition coefficient (Wildman–Crippen LogP) is 5.05. The molecule has 0 saturated heterocycles. The Kier molecular flexibility index (Phi) is 3.98. The number of hydrogen-bond acceptors (Lipinski definition) is 4. The van der Waals surface area contributed by atoms with Crippen molar-refractivity contribution in [3.63, 3.8) is 0 Å². The fourth-order valence-electron chi connectivity index (χ4n) is 3.19. The molecule has 5 nitrogen and oxygen atoms in total. The first-order valence-electron chi connectivity index (χ1n) is 8.97. The predicted molar refractivity (Wildman–Crippen MR) is 111 cm³/mol. The van der Waals surface area contributed by atoms with Gasteiger partial charge in [0.05, 0.1) is 28.7 Å². The van der Waals surface area contributed by atoms with Crippen molar-refractivity contribution in [1.29, 1.82) is 0 Å². The van der Waals surface area contributed by atoms with Crippen LogP contribution in [0, 0.1) is 6.92 Å². The molecule has 6 heteroatoms. The summed E-state index contributed by atoms with van der Waals surface area (Å²) in [6, 6.07) is 17.7. The zero-order chi connectivity index (χ0) is 19.1. The number of furan rings is 1. The Labute approximate surface area is 165 Å². The summed E-state index contributed by atoms with van der Waals surface area (Å²) in [5, 5.41) is 2.88. The maximum Gasteiger partial charge on any atom is 0.251 e. The van der Waals surface area contributed by atoms with Gasteiger partial charge in [-0.2, -0.15) is 0 Å². The molecule has 0 fully saturated rings. The molecule has 1 amide bonds. The molecule has 5 aromatic rings. The Bertz CT molecular complexity index is 1280. The molecular formula is C22H17N3O2S. The van der Waals surface area contributed by atoms with Crippen LogP contribution in [0.25, 0.3) is 26.4 Å². The number of carbonyl (C=O) groups is 1. The summed E-state index contributed by atoms with van der Waals surface area (Å²) in [6.07, 6.45) is 3.65. The lowest BCUT2D eigenvalue weighted by Gasteiger charge is -2.03. The molecule has 0 atom stereocenters. The second kappa shape index (κ2) is 6.65. The largest absolute Gasteiger partial charge is 0.467 e. The molecule has 0 radical (unpaired) electrons. The van der Waals surface area contributed by atoms with Crippen LogP contribution < -0.4 is 5.32 Å². The SMILES string of the molecule is Cc1ccc(-c2cn3c(n2)sc2cc(C(=O)NCc4ccco4)ccc23)cc1. The lowest BCUT2D eigenvalue weighted by molar-refractivity contribution is 0.0948. The van der Waals surface area contributed by atoms with Gasteiger partial charge in [-0.25, -0.2) is 4.98 Å². The van der Waals surface area contributed by atoms with E-state index in [1.54, 1.807) is 23.7 Å². The molecule has 28 heavy (non-hydrogen) atoms. The quantitative estimate of drug-likeness (QED) is 0.470. The van der Waals surface area contributed by atoms with Gasteiger partial charge in [-0.05, 0) is 37.3 Å². The van der Waals surface area contributed by atoms with Crippen LogP contribution in [-0.4, -0.2) is 15.3 Å². The van der Waals surface area contributed by atoms with Gasteiger partial charge in [0.2, 0.25) is 0 Å². The number of amides is 1. The first-order chi connectivity index (χ1) is 13.7. The molecule has 3 aromatic heterocycles. The monoisotopic (exact) mass is 387 g/mol. The Morgan fingerprint density at radius 2 is 2.04 bits per heavy atom. The number of thiazole rings is 1. The van der Waals surface area contributed by atoms with Gasteiger partial charge in [0.25, 0.3) is 5.91 Å². The number of aromatic nitrogens is 2. The van der Waals surface area contributed by atoms with Crippen molar-refractivity contribution < 1.29 is 9.21 Å². The van der Waals surface area contributed by atoms with Crippen molar-refractivity contribution in [2.24, 2.45) is 0 Å². The summed E-state index contributed by atoms with van der Waals surface area (Å²) in [4.78, 5) is 18.1. The number of benzene rings is 2. The number of rotatable bonds is 4. The topological polar surface area (TPSA) is 59.5 Å². The second-order valence-electron chi connectivity index (χ2n) is 6.69. The van der Waals surface area contributed by atoms with Crippen LogP contribution in [0.4, 0.5) is 0 Å². The van der Waals surface area contributed by atoms with E-state index in [9.17, 15) is 4.79 Å². The van der Waals surface area contributed by atoms with Gasteiger partial charge in [0.15, 0.2) is 4.96 Å². The van der Waals surface area contributed by atoms with Gasteiger partial charge in [-0.1, -0.05) is 41.2 Å². The third-order valence-corrected chi connectivity index (χ3v) is 5.72. The minimum absolute atomic E-state index is 0.121. The van der Waals surface area contributed by atoms with Crippen molar-refractivity contribution in [3.8, 4) is 11.3 Å². The molecule has 0 spiro atoms. The Morgan fingerprint density at radius 3 is 2.82 bits per heavy atom. The average Bonchev–Trinajstić information content (AvgIpc) is 3.42. The van der Waals surface area contributed by atoms with E-state index in [2.05, 4.69) is 47.1 Å². The van der Waals surface area contributed by atoms with Crippen molar-refractivity contribution in [2.45, 2.75) is 13.5 Å². The number of imidazole rings is 1. The van der Waals surface area contributed by atoms with E-state index in [1.807, 2.05) is 24.3 Å². The van der Waals surface area contributed by atoms with E-state index < -0.39 is 0 Å². The molecule has 0 saturated carbocycles. The minimum atomic E-state index is -0.121. The Hall–Kier alpha value is -3.38. The maximum absolute atomic E-state index is 12.4. The molecule has 0 aliphatic carbocycles. The lowest BCUT2D eigenvalue weighted by Crippen LogP contribution is -2.22. The molecule has 0 bridgehead atoms. The molecule has 2 aromatic carbocycles. The molecule has 0 aliphatic heterocycles. The zero-order valence-corrected chi connectivity index (χ0v) is 16.0. The van der Waals surface area contributed by atoms with Gasteiger partial charge in [-0.3, -0.25) is 9.20 Å². The minimum Gasteiger partial charge on any atom is -0.467 e. The van der Waals surface area contributed by atoms with E-state index in [0.717, 1.165) is 32.2 Å². The maximum atomic E-state index is 12.4. The number of aryl methyl sites for hydroxylation is 1. The van der Waals surface area contributed by atoms with Crippen molar-refractivity contribution in [2.75, 3.05) is 0 Å². The Balaban J connectivity index is 1.44. The number of hydrogen-bond donors (Lipinski definition) is 1. The van der Waals surface area contributed by atoms with Crippen LogP contribution in [0.3, 0.4) is 0 Å². The van der Waals surface area contributed by atoms with E-state index >= 15 is 0 Å². The van der Waals surface area contributed by atoms with Crippen LogP contribution >= 0.6 is 11.3 Å². The van der Waals surface area contributed by atoms with Gasteiger partial charge in [0.1, 0.15) is 5.76 Å². The van der Waals surface area contributed by atoms with Crippen LogP contribution in [0.2, 0.25) is 0 Å². The first kappa shape index (κ1) is 16.8. The van der Waals surface area contributed by atoms with Crippen molar-refractivity contribution in [1.82, 2.24) is 14.7 Å². The highest BCUT2D eigenvalue weighted by molar-refractivity contribution is 7.23. The summed E-state index contributed by atoms with van der Waals surface area (Å²) in [6.45, 7) is 2.45. The Morgan fingerprint density at radius 1 is 1.18 bits per heavy atom. The smallest absolute Gasteiger partial charge is 0.251 e. The molecule has 0 unspecified atom stereocenters. The number of fused-ring (bicyclic) bond motifs is 3. The lowest BCUT2D eigenvalue weighted by atomic mass is 10.1. The van der Waals surface area contributed by atoms with Gasteiger partial charge in [-0.15, -0.1) is 0 Å². The van der Waals surface area contributed by atoms with Gasteiger partial charge >= 0.3 is 0 Å². The van der Waals surface area contributed by atoms with Crippen LogP contribution in [0.15, 0.2) is 71.5 Å². The summed E-state index contributed by atoms with van der Waals surface area (Å²) in [7, 11) is 0. The highest BCUT2D eigenvalue weighted by Crippen LogP contribution is 2.30. The molecule has 5 rings (SSSR count). The van der Waals surface area contributed by atoms with Crippen LogP contribution in [0.5, 0.6) is 0 Å². The highest BCUT2D eigenvalue weighted by Gasteiger charge is 2.13.